The van der Waals surface area contributed by atoms with Gasteiger partial charge in [-0.15, -0.1) is 0 Å². The lowest BCUT2D eigenvalue weighted by molar-refractivity contribution is -0.120. The van der Waals surface area contributed by atoms with Crippen LogP contribution in [0.3, 0.4) is 0 Å². The Morgan fingerprint density at radius 3 is 2.46 bits per heavy atom. The van der Waals surface area contributed by atoms with Crippen LogP contribution in [0.15, 0.2) is 48.5 Å². The number of halogens is 2. The van der Waals surface area contributed by atoms with Crippen LogP contribution in [0, 0.1) is 11.6 Å². The number of benzene rings is 2. The highest BCUT2D eigenvalue weighted by molar-refractivity contribution is 5.96. The monoisotopic (exact) mass is 334 g/mol. The highest BCUT2D eigenvalue weighted by Gasteiger charge is 2.13. The fourth-order valence-electron chi connectivity index (χ4n) is 1.87. The average Bonchev–Trinajstić information content (AvgIpc) is 2.57. The molecule has 0 radical (unpaired) electrons. The molecule has 2 rings (SSSR count). The summed E-state index contributed by atoms with van der Waals surface area (Å²) in [4.78, 5) is 23.3. The van der Waals surface area contributed by atoms with Crippen molar-refractivity contribution >= 4 is 11.8 Å². The molecule has 0 aromatic heterocycles. The lowest BCUT2D eigenvalue weighted by Gasteiger charge is -2.09. The number of hydrogen-bond acceptors (Lipinski definition) is 3. The van der Waals surface area contributed by atoms with E-state index >= 15 is 0 Å². The first-order valence-corrected chi connectivity index (χ1v) is 7.24. The van der Waals surface area contributed by atoms with E-state index in [2.05, 4.69) is 10.6 Å². The summed E-state index contributed by atoms with van der Waals surface area (Å²) < 4.78 is 31.6. The lowest BCUT2D eigenvalue weighted by Crippen LogP contribution is -2.38. The zero-order valence-corrected chi connectivity index (χ0v) is 12.7. The van der Waals surface area contributed by atoms with Crippen LogP contribution in [-0.4, -0.2) is 31.5 Å². The van der Waals surface area contributed by atoms with Gasteiger partial charge < -0.3 is 15.4 Å². The minimum absolute atomic E-state index is 0.258. The summed E-state index contributed by atoms with van der Waals surface area (Å²) in [5.41, 5.74) is -0.323. The van der Waals surface area contributed by atoms with Crippen molar-refractivity contribution in [2.45, 2.75) is 0 Å². The molecule has 5 nitrogen and oxygen atoms in total. The molecule has 0 fully saturated rings. The molecule has 2 amide bonds. The second-order valence-electron chi connectivity index (χ2n) is 4.82. The first kappa shape index (κ1) is 17.4. The average molecular weight is 334 g/mol. The maximum absolute atomic E-state index is 13.4. The van der Waals surface area contributed by atoms with Crippen LogP contribution in [0.25, 0.3) is 0 Å². The van der Waals surface area contributed by atoms with E-state index in [9.17, 15) is 18.4 Å². The first-order chi connectivity index (χ1) is 11.6. The fourth-order valence-corrected chi connectivity index (χ4v) is 1.87. The number of amides is 2. The predicted octanol–water partition coefficient (Wildman–Crippen LogP) is 1.89. The zero-order valence-electron chi connectivity index (χ0n) is 12.7. The number of para-hydroxylation sites is 1. The van der Waals surface area contributed by atoms with Gasteiger partial charge in [-0.2, -0.15) is 0 Å². The molecule has 126 valence electrons. The summed E-state index contributed by atoms with van der Waals surface area (Å²) in [6.07, 6.45) is 0. The molecule has 0 spiro atoms. The van der Waals surface area contributed by atoms with Gasteiger partial charge in [0.15, 0.2) is 0 Å². The predicted molar refractivity (Wildman–Crippen MR) is 83.6 cm³/mol. The first-order valence-electron chi connectivity index (χ1n) is 7.24. The maximum atomic E-state index is 13.4. The van der Waals surface area contributed by atoms with Crippen molar-refractivity contribution in [3.8, 4) is 5.75 Å². The molecule has 0 heterocycles. The molecule has 0 aliphatic heterocycles. The van der Waals surface area contributed by atoms with Gasteiger partial charge in [0.2, 0.25) is 5.91 Å². The standard InChI is InChI=1S/C17H16F2N2O3/c18-12-6-7-14(15(19)10-12)17(23)21-11-16(22)20-8-9-24-13-4-2-1-3-5-13/h1-7,10H,8-9,11H2,(H,20,22)(H,21,23). The molecule has 2 N–H and O–H groups in total. The van der Waals surface area contributed by atoms with Crippen LogP contribution < -0.4 is 15.4 Å². The maximum Gasteiger partial charge on any atom is 0.254 e. The van der Waals surface area contributed by atoms with Gasteiger partial charge in [-0.1, -0.05) is 18.2 Å². The van der Waals surface area contributed by atoms with Crippen molar-refractivity contribution in [3.05, 3.63) is 65.7 Å². The molecule has 0 aliphatic carbocycles. The van der Waals surface area contributed by atoms with Crippen molar-refractivity contribution in [3.63, 3.8) is 0 Å². The largest absolute Gasteiger partial charge is 0.492 e. The number of carbonyl (C=O) groups excluding carboxylic acids is 2. The highest BCUT2D eigenvalue weighted by atomic mass is 19.1. The summed E-state index contributed by atoms with van der Waals surface area (Å²) in [6, 6.07) is 11.7. The van der Waals surface area contributed by atoms with E-state index in [1.165, 1.54) is 0 Å². The van der Waals surface area contributed by atoms with E-state index in [0.717, 1.165) is 12.1 Å². The molecule has 0 atom stereocenters. The van der Waals surface area contributed by atoms with Crippen LogP contribution in [0.1, 0.15) is 10.4 Å². The van der Waals surface area contributed by atoms with Crippen molar-refractivity contribution in [1.82, 2.24) is 10.6 Å². The number of ether oxygens (including phenoxy) is 1. The zero-order chi connectivity index (χ0) is 17.4. The number of rotatable bonds is 7. The smallest absolute Gasteiger partial charge is 0.254 e. The van der Waals surface area contributed by atoms with Crippen LogP contribution in [0.5, 0.6) is 5.75 Å². The van der Waals surface area contributed by atoms with Gasteiger partial charge in [-0.3, -0.25) is 9.59 Å². The summed E-state index contributed by atoms with van der Waals surface area (Å²) in [6.45, 7) is 0.214. The van der Waals surface area contributed by atoms with Crippen molar-refractivity contribution in [2.24, 2.45) is 0 Å². The summed E-state index contributed by atoms with van der Waals surface area (Å²) >= 11 is 0. The Morgan fingerprint density at radius 1 is 1.00 bits per heavy atom. The third-order valence-corrected chi connectivity index (χ3v) is 3.02. The molecule has 0 saturated carbocycles. The van der Waals surface area contributed by atoms with E-state index in [1.54, 1.807) is 12.1 Å². The van der Waals surface area contributed by atoms with E-state index < -0.39 is 23.4 Å². The molecule has 0 saturated heterocycles. The van der Waals surface area contributed by atoms with E-state index in [-0.39, 0.29) is 25.3 Å². The molecule has 0 unspecified atom stereocenters. The number of nitrogens with one attached hydrogen (secondary N) is 2. The Kier molecular flexibility index (Phi) is 6.24. The van der Waals surface area contributed by atoms with Crippen LogP contribution in [0.4, 0.5) is 8.78 Å². The van der Waals surface area contributed by atoms with Gasteiger partial charge >= 0.3 is 0 Å². The molecule has 0 aliphatic rings. The topological polar surface area (TPSA) is 67.4 Å². The Hall–Kier alpha value is -2.96. The Morgan fingerprint density at radius 2 is 1.75 bits per heavy atom. The van der Waals surface area contributed by atoms with Crippen molar-refractivity contribution in [1.29, 1.82) is 0 Å². The molecule has 7 heteroatoms. The summed E-state index contributed by atoms with van der Waals surface area (Å²) in [7, 11) is 0. The molecule has 24 heavy (non-hydrogen) atoms. The van der Waals surface area contributed by atoms with E-state index in [0.29, 0.717) is 11.8 Å². The molecular weight excluding hydrogens is 318 g/mol. The summed E-state index contributed by atoms with van der Waals surface area (Å²) in [5.74, 6) is -2.30. The Balaban J connectivity index is 1.68. The van der Waals surface area contributed by atoms with Gasteiger partial charge in [-0.25, -0.2) is 8.78 Å². The van der Waals surface area contributed by atoms with Gasteiger partial charge in [0.05, 0.1) is 18.7 Å². The third kappa shape index (κ3) is 5.35. The van der Waals surface area contributed by atoms with Crippen molar-refractivity contribution < 1.29 is 23.1 Å². The fraction of sp³-hybridized carbons (Fsp3) is 0.176. The molecule has 0 bridgehead atoms. The van der Waals surface area contributed by atoms with Crippen LogP contribution in [-0.2, 0) is 4.79 Å². The van der Waals surface area contributed by atoms with E-state index in [4.69, 9.17) is 4.74 Å². The van der Waals surface area contributed by atoms with Crippen molar-refractivity contribution in [2.75, 3.05) is 19.7 Å². The normalized spacial score (nSPS) is 10.1. The second-order valence-corrected chi connectivity index (χ2v) is 4.82. The van der Waals surface area contributed by atoms with Crippen LogP contribution in [0.2, 0.25) is 0 Å². The number of hydrogen-bond donors (Lipinski definition) is 2. The number of carbonyl (C=O) groups is 2. The Labute approximate surface area is 137 Å². The SMILES string of the molecule is O=C(CNC(=O)c1ccc(F)cc1F)NCCOc1ccccc1. The van der Waals surface area contributed by atoms with Gasteiger partial charge in [0.25, 0.3) is 5.91 Å². The molecular formula is C17H16F2N2O3. The molecule has 2 aromatic rings. The van der Waals surface area contributed by atoms with Gasteiger partial charge in [0.1, 0.15) is 24.0 Å². The highest BCUT2D eigenvalue weighted by Crippen LogP contribution is 2.09. The Bertz CT molecular complexity index is 708. The lowest BCUT2D eigenvalue weighted by atomic mass is 10.2. The van der Waals surface area contributed by atoms with E-state index in [1.807, 2.05) is 18.2 Å². The van der Waals surface area contributed by atoms with Crippen LogP contribution >= 0.6 is 0 Å². The van der Waals surface area contributed by atoms with Gasteiger partial charge in [0, 0.05) is 6.07 Å². The van der Waals surface area contributed by atoms with Gasteiger partial charge in [-0.05, 0) is 24.3 Å². The molecule has 2 aromatic carbocycles. The quantitative estimate of drug-likeness (QED) is 0.760. The minimum atomic E-state index is -0.982. The summed E-state index contributed by atoms with van der Waals surface area (Å²) in [5, 5.41) is 4.81. The third-order valence-electron chi connectivity index (χ3n) is 3.02. The minimum Gasteiger partial charge on any atom is -0.492 e. The second kappa shape index (κ2) is 8.61.